The van der Waals surface area contributed by atoms with E-state index in [-0.39, 0.29) is 18.0 Å². The van der Waals surface area contributed by atoms with Crippen LogP contribution in [0.1, 0.15) is 29.6 Å². The number of amides is 1. The summed E-state index contributed by atoms with van der Waals surface area (Å²) in [7, 11) is 0. The maximum absolute atomic E-state index is 13.3. The SMILES string of the molecule is NCCCCC(=O)Nc1cccc(F)c1C(=O)O. The molecule has 1 amide bonds. The highest BCUT2D eigenvalue weighted by molar-refractivity contribution is 6.00. The lowest BCUT2D eigenvalue weighted by molar-refractivity contribution is -0.116. The first kappa shape index (κ1) is 14.1. The van der Waals surface area contributed by atoms with Gasteiger partial charge in [-0.25, -0.2) is 9.18 Å². The second-order valence-corrected chi connectivity index (χ2v) is 3.76. The number of benzene rings is 1. The Morgan fingerprint density at radius 1 is 1.33 bits per heavy atom. The van der Waals surface area contributed by atoms with Crippen LogP contribution in [0.5, 0.6) is 0 Å². The lowest BCUT2D eigenvalue weighted by Crippen LogP contribution is -2.15. The van der Waals surface area contributed by atoms with Crippen molar-refractivity contribution in [3.8, 4) is 0 Å². The Morgan fingerprint density at radius 3 is 2.67 bits per heavy atom. The van der Waals surface area contributed by atoms with E-state index in [1.807, 2.05) is 0 Å². The molecule has 0 fully saturated rings. The van der Waals surface area contributed by atoms with Gasteiger partial charge in [0.2, 0.25) is 5.91 Å². The van der Waals surface area contributed by atoms with Gasteiger partial charge in [-0.05, 0) is 31.5 Å². The van der Waals surface area contributed by atoms with Crippen LogP contribution in [0.25, 0.3) is 0 Å². The van der Waals surface area contributed by atoms with Crippen molar-refractivity contribution < 1.29 is 19.1 Å². The summed E-state index contributed by atoms with van der Waals surface area (Å²) in [6, 6.07) is 3.73. The number of nitrogens with two attached hydrogens (primary N) is 1. The van der Waals surface area contributed by atoms with Crippen molar-refractivity contribution in [1.29, 1.82) is 0 Å². The fraction of sp³-hybridized carbons (Fsp3) is 0.333. The maximum atomic E-state index is 13.3. The predicted octanol–water partition coefficient (Wildman–Crippen LogP) is 1.59. The van der Waals surface area contributed by atoms with Crippen molar-refractivity contribution in [2.24, 2.45) is 5.73 Å². The summed E-state index contributed by atoms with van der Waals surface area (Å²) >= 11 is 0. The number of halogens is 1. The first-order chi connectivity index (χ1) is 8.56. The molecule has 98 valence electrons. The molecule has 0 saturated heterocycles. The van der Waals surface area contributed by atoms with Crippen LogP contribution in [0.4, 0.5) is 10.1 Å². The Labute approximate surface area is 104 Å². The van der Waals surface area contributed by atoms with E-state index in [4.69, 9.17) is 10.8 Å². The molecule has 0 bridgehead atoms. The Balaban J connectivity index is 2.75. The average Bonchev–Trinajstić information content (AvgIpc) is 2.28. The van der Waals surface area contributed by atoms with Gasteiger partial charge in [0.05, 0.1) is 5.69 Å². The molecule has 0 unspecified atom stereocenters. The van der Waals surface area contributed by atoms with Crippen molar-refractivity contribution in [2.75, 3.05) is 11.9 Å². The van der Waals surface area contributed by atoms with Crippen LogP contribution in [0.3, 0.4) is 0 Å². The number of anilines is 1. The fourth-order valence-corrected chi connectivity index (χ4v) is 1.49. The van der Waals surface area contributed by atoms with E-state index in [0.29, 0.717) is 19.4 Å². The van der Waals surface area contributed by atoms with E-state index in [1.54, 1.807) is 0 Å². The van der Waals surface area contributed by atoms with Crippen LogP contribution in [-0.2, 0) is 4.79 Å². The molecule has 0 atom stereocenters. The highest BCUT2D eigenvalue weighted by atomic mass is 19.1. The lowest BCUT2D eigenvalue weighted by Gasteiger charge is -2.08. The van der Waals surface area contributed by atoms with Gasteiger partial charge in [0.25, 0.3) is 0 Å². The lowest BCUT2D eigenvalue weighted by atomic mass is 10.1. The summed E-state index contributed by atoms with van der Waals surface area (Å²) in [6.45, 7) is 0.494. The van der Waals surface area contributed by atoms with Gasteiger partial charge >= 0.3 is 5.97 Å². The predicted molar refractivity (Wildman–Crippen MR) is 64.9 cm³/mol. The van der Waals surface area contributed by atoms with Crippen molar-refractivity contribution in [3.63, 3.8) is 0 Å². The number of carbonyl (C=O) groups excluding carboxylic acids is 1. The molecule has 0 spiro atoms. The maximum Gasteiger partial charge on any atom is 0.340 e. The molecule has 1 aromatic carbocycles. The average molecular weight is 254 g/mol. The molecule has 0 heterocycles. The molecule has 0 aliphatic heterocycles. The third-order valence-electron chi connectivity index (χ3n) is 2.36. The highest BCUT2D eigenvalue weighted by Gasteiger charge is 2.16. The molecule has 6 heteroatoms. The second kappa shape index (κ2) is 6.70. The summed E-state index contributed by atoms with van der Waals surface area (Å²) < 4.78 is 13.3. The molecule has 0 saturated carbocycles. The topological polar surface area (TPSA) is 92.4 Å². The Morgan fingerprint density at radius 2 is 2.06 bits per heavy atom. The van der Waals surface area contributed by atoms with Gasteiger partial charge in [0.15, 0.2) is 0 Å². The van der Waals surface area contributed by atoms with E-state index in [1.165, 1.54) is 12.1 Å². The Kier molecular flexibility index (Phi) is 5.26. The molecule has 18 heavy (non-hydrogen) atoms. The third-order valence-corrected chi connectivity index (χ3v) is 2.36. The van der Waals surface area contributed by atoms with Gasteiger partial charge in [-0.15, -0.1) is 0 Å². The standard InChI is InChI=1S/C12H15FN2O3/c13-8-4-3-5-9(11(8)12(17)18)15-10(16)6-1-2-7-14/h3-5H,1-2,6-7,14H2,(H,15,16)(H,17,18). The van der Waals surface area contributed by atoms with E-state index in [9.17, 15) is 14.0 Å². The van der Waals surface area contributed by atoms with E-state index < -0.39 is 17.3 Å². The summed E-state index contributed by atoms with van der Waals surface area (Å²) in [6.07, 6.45) is 1.55. The largest absolute Gasteiger partial charge is 0.478 e. The van der Waals surface area contributed by atoms with Crippen LogP contribution in [-0.4, -0.2) is 23.5 Å². The van der Waals surface area contributed by atoms with Crippen LogP contribution < -0.4 is 11.1 Å². The summed E-state index contributed by atoms with van der Waals surface area (Å²) in [5.41, 5.74) is 4.74. The monoisotopic (exact) mass is 254 g/mol. The van der Waals surface area contributed by atoms with Gasteiger partial charge in [-0.2, -0.15) is 0 Å². The first-order valence-electron chi connectivity index (χ1n) is 5.58. The molecule has 0 aliphatic rings. The number of hydrogen-bond donors (Lipinski definition) is 3. The number of carbonyl (C=O) groups is 2. The number of nitrogens with one attached hydrogen (secondary N) is 1. The van der Waals surface area contributed by atoms with Crippen molar-refractivity contribution in [2.45, 2.75) is 19.3 Å². The minimum absolute atomic E-state index is 0.0275. The van der Waals surface area contributed by atoms with Crippen LogP contribution in [0.15, 0.2) is 18.2 Å². The fourth-order valence-electron chi connectivity index (χ4n) is 1.49. The van der Waals surface area contributed by atoms with Gasteiger partial charge in [-0.1, -0.05) is 6.07 Å². The zero-order valence-corrected chi connectivity index (χ0v) is 9.78. The van der Waals surface area contributed by atoms with Gasteiger partial charge < -0.3 is 16.2 Å². The second-order valence-electron chi connectivity index (χ2n) is 3.76. The quantitative estimate of drug-likeness (QED) is 0.672. The van der Waals surface area contributed by atoms with E-state index in [0.717, 1.165) is 6.07 Å². The third kappa shape index (κ3) is 3.81. The first-order valence-corrected chi connectivity index (χ1v) is 5.58. The molecular formula is C12H15FN2O3. The molecule has 0 radical (unpaired) electrons. The molecule has 1 aromatic rings. The summed E-state index contributed by atoms with van der Waals surface area (Å²) in [5, 5.41) is 11.3. The van der Waals surface area contributed by atoms with E-state index >= 15 is 0 Å². The number of aromatic carboxylic acids is 1. The summed E-state index contributed by atoms with van der Waals surface area (Å²) in [5.74, 6) is -2.64. The minimum Gasteiger partial charge on any atom is -0.478 e. The van der Waals surface area contributed by atoms with Gasteiger partial charge in [-0.3, -0.25) is 4.79 Å². The molecule has 0 aliphatic carbocycles. The Hall–Kier alpha value is -1.95. The number of rotatable bonds is 6. The smallest absolute Gasteiger partial charge is 0.340 e. The zero-order valence-electron chi connectivity index (χ0n) is 9.78. The molecule has 5 nitrogen and oxygen atoms in total. The van der Waals surface area contributed by atoms with Crippen LogP contribution in [0, 0.1) is 5.82 Å². The van der Waals surface area contributed by atoms with Crippen molar-refractivity contribution in [3.05, 3.63) is 29.6 Å². The number of carboxylic acids is 1. The number of hydrogen-bond acceptors (Lipinski definition) is 3. The molecule has 1 rings (SSSR count). The molecular weight excluding hydrogens is 239 g/mol. The van der Waals surface area contributed by atoms with E-state index in [2.05, 4.69) is 5.32 Å². The van der Waals surface area contributed by atoms with Crippen LogP contribution >= 0.6 is 0 Å². The zero-order chi connectivity index (χ0) is 13.5. The van der Waals surface area contributed by atoms with Gasteiger partial charge in [0.1, 0.15) is 11.4 Å². The minimum atomic E-state index is -1.41. The van der Waals surface area contributed by atoms with Crippen molar-refractivity contribution in [1.82, 2.24) is 0 Å². The highest BCUT2D eigenvalue weighted by Crippen LogP contribution is 2.19. The molecule has 0 aromatic heterocycles. The molecule has 4 N–H and O–H groups in total. The Bertz CT molecular complexity index is 449. The van der Waals surface area contributed by atoms with Gasteiger partial charge in [0, 0.05) is 6.42 Å². The summed E-state index contributed by atoms with van der Waals surface area (Å²) in [4.78, 5) is 22.4. The number of carboxylic acid groups (broad SMARTS) is 1. The number of unbranched alkanes of at least 4 members (excludes halogenated alkanes) is 1. The van der Waals surface area contributed by atoms with Crippen molar-refractivity contribution >= 4 is 17.6 Å². The normalized spacial score (nSPS) is 10.1. The van der Waals surface area contributed by atoms with Crippen LogP contribution in [0.2, 0.25) is 0 Å².